The van der Waals surface area contributed by atoms with Gasteiger partial charge in [-0.1, -0.05) is 25.4 Å². The van der Waals surface area contributed by atoms with Crippen molar-refractivity contribution in [1.29, 1.82) is 0 Å². The Morgan fingerprint density at radius 2 is 1.93 bits per heavy atom. The lowest BCUT2D eigenvalue weighted by Crippen LogP contribution is -2.29. The standard InChI is InChI=1S/C11H17ClN2O/c1-5-11(6-2,15-4)10-13-8(3)7-9(12)14-10/h7H,5-6H2,1-4H3. The Bertz CT molecular complexity index is 309. The van der Waals surface area contributed by atoms with E-state index in [1.165, 1.54) is 0 Å². The molecule has 0 saturated heterocycles. The van der Waals surface area contributed by atoms with Crippen LogP contribution in [0.4, 0.5) is 0 Å². The quantitative estimate of drug-likeness (QED) is 0.743. The van der Waals surface area contributed by atoms with Crippen LogP contribution in [0.5, 0.6) is 0 Å². The maximum atomic E-state index is 5.92. The minimum absolute atomic E-state index is 0.407. The van der Waals surface area contributed by atoms with Gasteiger partial charge in [-0.25, -0.2) is 9.97 Å². The first kappa shape index (κ1) is 12.4. The molecule has 0 bridgehead atoms. The molecular formula is C11H17ClN2O. The zero-order chi connectivity index (χ0) is 11.5. The topological polar surface area (TPSA) is 35.0 Å². The van der Waals surface area contributed by atoms with Crippen molar-refractivity contribution in [2.24, 2.45) is 0 Å². The van der Waals surface area contributed by atoms with Crippen LogP contribution in [0.15, 0.2) is 6.07 Å². The molecule has 0 N–H and O–H groups in total. The molecule has 1 heterocycles. The number of rotatable bonds is 4. The summed E-state index contributed by atoms with van der Waals surface area (Å²) in [5.74, 6) is 0.681. The second kappa shape index (κ2) is 4.90. The summed E-state index contributed by atoms with van der Waals surface area (Å²) in [6.07, 6.45) is 1.67. The summed E-state index contributed by atoms with van der Waals surface area (Å²) in [4.78, 5) is 8.65. The Hall–Kier alpha value is -0.670. The number of methoxy groups -OCH3 is 1. The van der Waals surface area contributed by atoms with Gasteiger partial charge in [-0.15, -0.1) is 0 Å². The van der Waals surface area contributed by atoms with E-state index in [0.717, 1.165) is 18.5 Å². The molecule has 0 unspecified atom stereocenters. The van der Waals surface area contributed by atoms with E-state index < -0.39 is 5.60 Å². The minimum atomic E-state index is -0.407. The first-order valence-corrected chi connectivity index (χ1v) is 5.52. The molecule has 0 amide bonds. The first-order chi connectivity index (χ1) is 7.07. The van der Waals surface area contributed by atoms with Crippen LogP contribution in [0.25, 0.3) is 0 Å². The van der Waals surface area contributed by atoms with Gasteiger partial charge in [0.05, 0.1) is 0 Å². The van der Waals surface area contributed by atoms with Crippen LogP contribution >= 0.6 is 11.6 Å². The van der Waals surface area contributed by atoms with Crippen molar-refractivity contribution in [2.45, 2.75) is 39.2 Å². The fraction of sp³-hybridized carbons (Fsp3) is 0.636. The van der Waals surface area contributed by atoms with Gasteiger partial charge in [-0.3, -0.25) is 0 Å². The summed E-state index contributed by atoms with van der Waals surface area (Å²) in [5, 5.41) is 0.473. The van der Waals surface area contributed by atoms with Crippen molar-refractivity contribution in [3.05, 3.63) is 22.7 Å². The third kappa shape index (κ3) is 2.47. The third-order valence-corrected chi connectivity index (χ3v) is 2.96. The van der Waals surface area contributed by atoms with Crippen LogP contribution in [0, 0.1) is 6.92 Å². The molecule has 1 rings (SSSR count). The summed E-state index contributed by atoms with van der Waals surface area (Å²) in [7, 11) is 1.69. The van der Waals surface area contributed by atoms with Crippen molar-refractivity contribution in [3.63, 3.8) is 0 Å². The molecule has 1 aromatic rings. The van der Waals surface area contributed by atoms with Crippen LogP contribution in [0.3, 0.4) is 0 Å². The number of aryl methyl sites for hydroxylation is 1. The summed E-state index contributed by atoms with van der Waals surface area (Å²) >= 11 is 5.92. The number of aromatic nitrogens is 2. The predicted octanol–water partition coefficient (Wildman–Crippen LogP) is 3.10. The van der Waals surface area contributed by atoms with Gasteiger partial charge in [0, 0.05) is 12.8 Å². The average Bonchev–Trinajstić information content (AvgIpc) is 2.20. The second-order valence-electron chi connectivity index (χ2n) is 3.56. The van der Waals surface area contributed by atoms with Crippen molar-refractivity contribution in [1.82, 2.24) is 9.97 Å². The lowest BCUT2D eigenvalue weighted by Gasteiger charge is -2.28. The van der Waals surface area contributed by atoms with Gasteiger partial charge in [0.15, 0.2) is 5.82 Å². The fourth-order valence-corrected chi connectivity index (χ4v) is 1.92. The summed E-state index contributed by atoms with van der Waals surface area (Å²) < 4.78 is 5.55. The van der Waals surface area contributed by atoms with Crippen molar-refractivity contribution in [3.8, 4) is 0 Å². The predicted molar refractivity (Wildman–Crippen MR) is 61.0 cm³/mol. The average molecular weight is 229 g/mol. The molecule has 0 aliphatic rings. The van der Waals surface area contributed by atoms with E-state index in [2.05, 4.69) is 23.8 Å². The molecule has 0 fully saturated rings. The molecule has 0 aliphatic carbocycles. The van der Waals surface area contributed by atoms with Gasteiger partial charge in [0.25, 0.3) is 0 Å². The highest BCUT2D eigenvalue weighted by molar-refractivity contribution is 6.29. The summed E-state index contributed by atoms with van der Waals surface area (Å²) in [6, 6.07) is 1.75. The van der Waals surface area contributed by atoms with Gasteiger partial charge < -0.3 is 4.74 Å². The first-order valence-electron chi connectivity index (χ1n) is 5.14. The maximum absolute atomic E-state index is 5.92. The van der Waals surface area contributed by atoms with Crippen molar-refractivity contribution < 1.29 is 4.74 Å². The molecule has 0 saturated carbocycles. The molecule has 15 heavy (non-hydrogen) atoms. The zero-order valence-electron chi connectivity index (χ0n) is 9.67. The highest BCUT2D eigenvalue weighted by atomic mass is 35.5. The monoisotopic (exact) mass is 228 g/mol. The smallest absolute Gasteiger partial charge is 0.162 e. The van der Waals surface area contributed by atoms with Crippen LogP contribution in [-0.2, 0) is 10.3 Å². The Labute approximate surface area is 95.8 Å². The maximum Gasteiger partial charge on any atom is 0.162 e. The van der Waals surface area contributed by atoms with Crippen LogP contribution < -0.4 is 0 Å². The van der Waals surface area contributed by atoms with E-state index in [1.54, 1.807) is 13.2 Å². The molecule has 0 radical (unpaired) electrons. The van der Waals surface area contributed by atoms with E-state index in [4.69, 9.17) is 16.3 Å². The minimum Gasteiger partial charge on any atom is -0.370 e. The fourth-order valence-electron chi connectivity index (χ4n) is 1.68. The molecular weight excluding hydrogens is 212 g/mol. The largest absolute Gasteiger partial charge is 0.370 e. The molecule has 84 valence electrons. The van der Waals surface area contributed by atoms with Crippen LogP contribution in [-0.4, -0.2) is 17.1 Å². The molecule has 0 aromatic carbocycles. The highest BCUT2D eigenvalue weighted by Crippen LogP contribution is 2.30. The van der Waals surface area contributed by atoms with E-state index in [0.29, 0.717) is 11.0 Å². The van der Waals surface area contributed by atoms with Gasteiger partial charge >= 0.3 is 0 Å². The van der Waals surface area contributed by atoms with Gasteiger partial charge in [0.2, 0.25) is 0 Å². The number of halogens is 1. The van der Waals surface area contributed by atoms with E-state index in [-0.39, 0.29) is 0 Å². The van der Waals surface area contributed by atoms with Crippen LogP contribution in [0.1, 0.15) is 38.2 Å². The van der Waals surface area contributed by atoms with E-state index in [1.807, 2.05) is 6.92 Å². The van der Waals surface area contributed by atoms with Crippen molar-refractivity contribution in [2.75, 3.05) is 7.11 Å². The van der Waals surface area contributed by atoms with Gasteiger partial charge in [-0.2, -0.15) is 0 Å². The van der Waals surface area contributed by atoms with Gasteiger partial charge in [-0.05, 0) is 25.8 Å². The Morgan fingerprint density at radius 3 is 2.33 bits per heavy atom. The van der Waals surface area contributed by atoms with Crippen LogP contribution in [0.2, 0.25) is 5.15 Å². The zero-order valence-corrected chi connectivity index (χ0v) is 10.4. The Kier molecular flexibility index (Phi) is 4.05. The lowest BCUT2D eigenvalue weighted by atomic mass is 9.96. The Morgan fingerprint density at radius 1 is 1.33 bits per heavy atom. The molecule has 0 aliphatic heterocycles. The third-order valence-electron chi connectivity index (χ3n) is 2.76. The highest BCUT2D eigenvalue weighted by Gasteiger charge is 2.31. The van der Waals surface area contributed by atoms with E-state index in [9.17, 15) is 0 Å². The van der Waals surface area contributed by atoms with Gasteiger partial charge in [0.1, 0.15) is 10.8 Å². The number of hydrogen-bond acceptors (Lipinski definition) is 3. The second-order valence-corrected chi connectivity index (χ2v) is 3.95. The molecule has 1 aromatic heterocycles. The Balaban J connectivity index is 3.22. The van der Waals surface area contributed by atoms with Crippen molar-refractivity contribution >= 4 is 11.6 Å². The lowest BCUT2D eigenvalue weighted by molar-refractivity contribution is -0.0292. The van der Waals surface area contributed by atoms with E-state index >= 15 is 0 Å². The summed E-state index contributed by atoms with van der Waals surface area (Å²) in [6.45, 7) is 6.03. The number of hydrogen-bond donors (Lipinski definition) is 0. The summed E-state index contributed by atoms with van der Waals surface area (Å²) in [5.41, 5.74) is 0.462. The number of ether oxygens (including phenoxy) is 1. The SMILES string of the molecule is CCC(CC)(OC)c1nc(C)cc(Cl)n1. The number of nitrogens with zero attached hydrogens (tertiary/aromatic N) is 2. The normalized spacial score (nSPS) is 11.8. The molecule has 4 heteroatoms. The molecule has 0 atom stereocenters. The molecule has 0 spiro atoms. The molecule has 3 nitrogen and oxygen atoms in total.